The van der Waals surface area contributed by atoms with E-state index in [1.54, 1.807) is 0 Å². The normalized spacial score (nSPS) is 31.3. The number of amides is 2. The zero-order chi connectivity index (χ0) is 13.3. The van der Waals surface area contributed by atoms with E-state index in [4.69, 9.17) is 0 Å². The van der Waals surface area contributed by atoms with Crippen molar-refractivity contribution in [2.75, 3.05) is 13.7 Å². The Morgan fingerprint density at radius 2 is 2.22 bits per heavy atom. The van der Waals surface area contributed by atoms with Crippen LogP contribution in [0.15, 0.2) is 0 Å². The van der Waals surface area contributed by atoms with Gasteiger partial charge >= 0.3 is 5.97 Å². The van der Waals surface area contributed by atoms with E-state index >= 15 is 0 Å². The number of ether oxygens (including phenoxy) is 1. The molecule has 0 radical (unpaired) electrons. The predicted molar refractivity (Wildman–Crippen MR) is 59.3 cm³/mol. The van der Waals surface area contributed by atoms with Crippen molar-refractivity contribution in [2.24, 2.45) is 0 Å². The molecule has 100 valence electrons. The number of carbonyl (C=O) groups is 3. The Kier molecular flexibility index (Phi) is 3.51. The lowest BCUT2D eigenvalue weighted by atomic mass is 10.1. The van der Waals surface area contributed by atoms with E-state index in [2.05, 4.69) is 10.1 Å². The second-order valence-electron chi connectivity index (χ2n) is 4.58. The van der Waals surface area contributed by atoms with Gasteiger partial charge in [-0.05, 0) is 6.42 Å². The van der Waals surface area contributed by atoms with Gasteiger partial charge in [-0.25, -0.2) is 4.79 Å². The Bertz CT molecular complexity index is 384. The highest BCUT2D eigenvalue weighted by atomic mass is 16.5. The third kappa shape index (κ3) is 2.31. The summed E-state index contributed by atoms with van der Waals surface area (Å²) in [6.07, 6.45) is 0.197. The summed E-state index contributed by atoms with van der Waals surface area (Å²) in [4.78, 5) is 36.1. The van der Waals surface area contributed by atoms with Crippen molar-refractivity contribution in [3.8, 4) is 0 Å². The molecule has 2 amide bonds. The summed E-state index contributed by atoms with van der Waals surface area (Å²) < 4.78 is 4.62. The van der Waals surface area contributed by atoms with E-state index < -0.39 is 24.2 Å². The molecule has 2 fully saturated rings. The lowest BCUT2D eigenvalue weighted by molar-refractivity contribution is -0.151. The lowest BCUT2D eigenvalue weighted by Gasteiger charge is -2.25. The molecule has 2 aliphatic heterocycles. The quantitative estimate of drug-likeness (QED) is 0.580. The molecule has 0 aromatic rings. The molecule has 0 bridgehead atoms. The minimum Gasteiger partial charge on any atom is -0.467 e. The monoisotopic (exact) mass is 256 g/mol. The molecule has 7 heteroatoms. The summed E-state index contributed by atoms with van der Waals surface area (Å²) >= 11 is 0. The Morgan fingerprint density at radius 1 is 1.50 bits per heavy atom. The van der Waals surface area contributed by atoms with Crippen molar-refractivity contribution in [3.05, 3.63) is 0 Å². The van der Waals surface area contributed by atoms with Crippen molar-refractivity contribution in [3.63, 3.8) is 0 Å². The molecule has 0 aromatic carbocycles. The van der Waals surface area contributed by atoms with Crippen molar-refractivity contribution in [2.45, 2.75) is 37.5 Å². The standard InChI is InChI=1S/C11H16N2O5/c1-18-11(17)8-4-6(14)5-13(8)10(16)7-2-3-9(15)12-7/h6-8,14H,2-5H2,1H3,(H,12,15). The zero-order valence-corrected chi connectivity index (χ0v) is 10.1. The summed E-state index contributed by atoms with van der Waals surface area (Å²) in [5.41, 5.74) is 0. The van der Waals surface area contributed by atoms with Crippen LogP contribution in [0.1, 0.15) is 19.3 Å². The minimum atomic E-state index is -0.755. The highest BCUT2D eigenvalue weighted by Gasteiger charge is 2.43. The van der Waals surface area contributed by atoms with Crippen LogP contribution in [0.5, 0.6) is 0 Å². The van der Waals surface area contributed by atoms with Gasteiger partial charge in [0.05, 0.1) is 13.2 Å². The first kappa shape index (κ1) is 12.8. The molecule has 2 heterocycles. The van der Waals surface area contributed by atoms with Crippen molar-refractivity contribution in [1.29, 1.82) is 0 Å². The second kappa shape index (κ2) is 4.93. The average molecular weight is 256 g/mol. The Balaban J connectivity index is 2.08. The van der Waals surface area contributed by atoms with E-state index in [1.165, 1.54) is 12.0 Å². The fraction of sp³-hybridized carbons (Fsp3) is 0.727. The third-order valence-corrected chi connectivity index (χ3v) is 3.33. The van der Waals surface area contributed by atoms with Gasteiger partial charge in [0.2, 0.25) is 11.8 Å². The molecule has 3 unspecified atom stereocenters. The minimum absolute atomic E-state index is 0.102. The summed E-state index contributed by atoms with van der Waals surface area (Å²) in [5.74, 6) is -1.03. The van der Waals surface area contributed by atoms with Gasteiger partial charge in [0.25, 0.3) is 0 Å². The number of nitrogens with zero attached hydrogens (tertiary/aromatic N) is 1. The van der Waals surface area contributed by atoms with Crippen LogP contribution in [0.25, 0.3) is 0 Å². The topological polar surface area (TPSA) is 95.9 Å². The Morgan fingerprint density at radius 3 is 2.78 bits per heavy atom. The maximum atomic E-state index is 12.2. The molecule has 0 aromatic heterocycles. The van der Waals surface area contributed by atoms with E-state index in [9.17, 15) is 19.5 Å². The molecule has 0 aliphatic carbocycles. The van der Waals surface area contributed by atoms with Crippen molar-refractivity contribution in [1.82, 2.24) is 10.2 Å². The number of aliphatic hydroxyl groups excluding tert-OH is 1. The Hall–Kier alpha value is -1.63. The van der Waals surface area contributed by atoms with Crippen LogP contribution in [0.2, 0.25) is 0 Å². The second-order valence-corrected chi connectivity index (χ2v) is 4.58. The Labute approximate surface area is 104 Å². The number of likely N-dealkylation sites (tertiary alicyclic amines) is 1. The maximum Gasteiger partial charge on any atom is 0.328 e. The van der Waals surface area contributed by atoms with Crippen LogP contribution >= 0.6 is 0 Å². The number of aliphatic hydroxyl groups is 1. The van der Waals surface area contributed by atoms with Gasteiger partial charge < -0.3 is 20.1 Å². The molecule has 3 atom stereocenters. The highest BCUT2D eigenvalue weighted by Crippen LogP contribution is 2.22. The number of hydrogen-bond donors (Lipinski definition) is 2. The third-order valence-electron chi connectivity index (χ3n) is 3.33. The molecule has 0 saturated carbocycles. The van der Waals surface area contributed by atoms with Gasteiger partial charge in [0, 0.05) is 19.4 Å². The molecule has 2 aliphatic rings. The van der Waals surface area contributed by atoms with Gasteiger partial charge in [-0.15, -0.1) is 0 Å². The number of hydrogen-bond acceptors (Lipinski definition) is 5. The first-order valence-electron chi connectivity index (χ1n) is 5.88. The fourth-order valence-corrected chi connectivity index (χ4v) is 2.42. The van der Waals surface area contributed by atoms with Crippen LogP contribution in [0.4, 0.5) is 0 Å². The molecule has 2 rings (SSSR count). The van der Waals surface area contributed by atoms with E-state index in [-0.39, 0.29) is 24.8 Å². The number of nitrogens with one attached hydrogen (secondary N) is 1. The van der Waals surface area contributed by atoms with Crippen molar-refractivity contribution >= 4 is 17.8 Å². The number of β-amino-alcohol motifs (C(OH)–C–C–N with tert-alkyl or cyclic N) is 1. The van der Waals surface area contributed by atoms with E-state index in [1.807, 2.05) is 0 Å². The van der Waals surface area contributed by atoms with Crippen LogP contribution in [0.3, 0.4) is 0 Å². The number of methoxy groups -OCH3 is 1. The van der Waals surface area contributed by atoms with Crippen LogP contribution < -0.4 is 5.32 Å². The van der Waals surface area contributed by atoms with E-state index in [0.717, 1.165) is 0 Å². The van der Waals surface area contributed by atoms with Crippen LogP contribution in [0, 0.1) is 0 Å². The van der Waals surface area contributed by atoms with Crippen molar-refractivity contribution < 1.29 is 24.2 Å². The number of carbonyl (C=O) groups excluding carboxylic acids is 3. The van der Waals surface area contributed by atoms with E-state index in [0.29, 0.717) is 12.8 Å². The van der Waals surface area contributed by atoms with Gasteiger partial charge in [0.1, 0.15) is 12.1 Å². The SMILES string of the molecule is COC(=O)C1CC(O)CN1C(=O)C1CCC(=O)N1. The smallest absolute Gasteiger partial charge is 0.328 e. The van der Waals surface area contributed by atoms with Crippen LogP contribution in [-0.2, 0) is 19.1 Å². The average Bonchev–Trinajstić information content (AvgIpc) is 2.93. The summed E-state index contributed by atoms with van der Waals surface area (Å²) in [7, 11) is 1.24. The van der Waals surface area contributed by atoms with Gasteiger partial charge in [-0.1, -0.05) is 0 Å². The molecule has 0 spiro atoms. The van der Waals surface area contributed by atoms with Gasteiger partial charge in [-0.2, -0.15) is 0 Å². The molecular weight excluding hydrogens is 240 g/mol. The number of rotatable bonds is 2. The summed E-state index contributed by atoms with van der Waals surface area (Å²) in [6, 6.07) is -1.34. The fourth-order valence-electron chi connectivity index (χ4n) is 2.42. The molecule has 2 saturated heterocycles. The van der Waals surface area contributed by atoms with Gasteiger partial charge in [-0.3, -0.25) is 9.59 Å². The highest BCUT2D eigenvalue weighted by molar-refractivity contribution is 5.93. The lowest BCUT2D eigenvalue weighted by Crippen LogP contribution is -2.49. The summed E-state index contributed by atoms with van der Waals surface area (Å²) in [5, 5.41) is 12.1. The first-order chi connectivity index (χ1) is 8.52. The molecular formula is C11H16N2O5. The predicted octanol–water partition coefficient (Wildman–Crippen LogP) is -1.60. The summed E-state index contributed by atoms with van der Waals surface area (Å²) in [6.45, 7) is 0.102. The molecule has 2 N–H and O–H groups in total. The molecule has 7 nitrogen and oxygen atoms in total. The first-order valence-corrected chi connectivity index (χ1v) is 5.88. The molecule has 18 heavy (non-hydrogen) atoms. The largest absolute Gasteiger partial charge is 0.467 e. The van der Waals surface area contributed by atoms with Crippen LogP contribution in [-0.4, -0.2) is 59.6 Å². The van der Waals surface area contributed by atoms with Gasteiger partial charge in [0.15, 0.2) is 0 Å². The zero-order valence-electron chi connectivity index (χ0n) is 10.1. The number of esters is 1. The maximum absolute atomic E-state index is 12.2.